The van der Waals surface area contributed by atoms with Gasteiger partial charge in [0.2, 0.25) is 0 Å². The van der Waals surface area contributed by atoms with Gasteiger partial charge < -0.3 is 14.2 Å². The van der Waals surface area contributed by atoms with Crippen LogP contribution in [-0.2, 0) is 28.6 Å². The molecule has 0 spiro atoms. The van der Waals surface area contributed by atoms with Gasteiger partial charge in [-0.15, -0.1) is 0 Å². The first-order chi connectivity index (χ1) is 36.0. The summed E-state index contributed by atoms with van der Waals surface area (Å²) in [7, 11) is 0. The summed E-state index contributed by atoms with van der Waals surface area (Å²) in [5.74, 6) is -0.879. The van der Waals surface area contributed by atoms with Crippen molar-refractivity contribution in [3.63, 3.8) is 0 Å². The van der Waals surface area contributed by atoms with Gasteiger partial charge in [-0.2, -0.15) is 0 Å². The van der Waals surface area contributed by atoms with E-state index in [4.69, 9.17) is 14.2 Å². The van der Waals surface area contributed by atoms with Gasteiger partial charge in [-0.25, -0.2) is 0 Å². The molecule has 0 amide bonds. The van der Waals surface area contributed by atoms with Crippen LogP contribution in [0.5, 0.6) is 0 Å². The van der Waals surface area contributed by atoms with Gasteiger partial charge in [0.25, 0.3) is 0 Å². The molecule has 0 aliphatic rings. The molecule has 0 radical (unpaired) electrons. The summed E-state index contributed by atoms with van der Waals surface area (Å²) < 4.78 is 16.9. The third kappa shape index (κ3) is 60.4. The minimum Gasteiger partial charge on any atom is -0.462 e. The quantitative estimate of drug-likeness (QED) is 0.0261. The van der Waals surface area contributed by atoms with Gasteiger partial charge in [0.15, 0.2) is 6.10 Å². The third-order valence-electron chi connectivity index (χ3n) is 14.6. The Morgan fingerprint density at radius 1 is 0.274 bits per heavy atom. The van der Waals surface area contributed by atoms with Crippen LogP contribution in [-0.4, -0.2) is 37.2 Å². The Kier molecular flexibility index (Phi) is 60.2. The van der Waals surface area contributed by atoms with Crippen molar-refractivity contribution in [2.24, 2.45) is 0 Å². The molecule has 0 aliphatic heterocycles. The van der Waals surface area contributed by atoms with Crippen molar-refractivity contribution in [1.29, 1.82) is 0 Å². The number of hydrogen-bond acceptors (Lipinski definition) is 6. The van der Waals surface area contributed by atoms with E-state index < -0.39 is 6.10 Å². The fraction of sp³-hybridized carbons (Fsp3) is 0.866. The number of carbonyl (C=O) groups is 3. The highest BCUT2D eigenvalue weighted by molar-refractivity contribution is 5.71. The Labute approximate surface area is 455 Å². The predicted molar refractivity (Wildman–Crippen MR) is 316 cm³/mol. The van der Waals surface area contributed by atoms with E-state index >= 15 is 0 Å². The summed E-state index contributed by atoms with van der Waals surface area (Å²) in [6.07, 6.45) is 76.0. The van der Waals surface area contributed by atoms with Crippen LogP contribution < -0.4 is 0 Å². The molecule has 0 fully saturated rings. The van der Waals surface area contributed by atoms with Gasteiger partial charge >= 0.3 is 17.9 Å². The first-order valence-electron chi connectivity index (χ1n) is 32.5. The minimum atomic E-state index is -0.780. The SMILES string of the molecule is CCC/C=C\C/C=C\CCCCCCCC(=O)OCC(COC(=O)CCCCCCCCCCCCCCCCCCCCCCCCCCCCC)OC(=O)CCCCCCC/C=C\CCCCCCCC. The summed E-state index contributed by atoms with van der Waals surface area (Å²) in [5.41, 5.74) is 0. The first kappa shape index (κ1) is 70.6. The highest BCUT2D eigenvalue weighted by atomic mass is 16.6. The van der Waals surface area contributed by atoms with E-state index in [0.717, 1.165) is 89.9 Å². The van der Waals surface area contributed by atoms with Gasteiger partial charge in [-0.3, -0.25) is 14.4 Å². The molecule has 1 unspecified atom stereocenters. The van der Waals surface area contributed by atoms with Crippen LogP contribution in [0, 0.1) is 0 Å². The maximum Gasteiger partial charge on any atom is 0.306 e. The Morgan fingerprint density at radius 3 is 0.822 bits per heavy atom. The number of rotatable bonds is 60. The average Bonchev–Trinajstić information content (AvgIpc) is 3.39. The van der Waals surface area contributed by atoms with Crippen LogP contribution in [0.2, 0.25) is 0 Å². The maximum absolute atomic E-state index is 12.9. The lowest BCUT2D eigenvalue weighted by atomic mass is 10.0. The van der Waals surface area contributed by atoms with Crippen molar-refractivity contribution in [1.82, 2.24) is 0 Å². The highest BCUT2D eigenvalue weighted by Crippen LogP contribution is 2.18. The van der Waals surface area contributed by atoms with E-state index in [1.54, 1.807) is 0 Å². The van der Waals surface area contributed by atoms with Crippen molar-refractivity contribution in [2.45, 2.75) is 361 Å². The molecule has 0 aromatic rings. The molecule has 6 heteroatoms. The van der Waals surface area contributed by atoms with Gasteiger partial charge in [0, 0.05) is 19.3 Å². The lowest BCUT2D eigenvalue weighted by molar-refractivity contribution is -0.167. The molecule has 428 valence electrons. The Bertz CT molecular complexity index is 1220. The standard InChI is InChI=1S/C67H124O6/c1-4-7-10-13-16-19-22-25-27-28-29-30-31-32-33-34-35-36-37-38-40-42-45-48-51-54-57-60-66(69)72-63-64(62-71-65(68)59-56-53-50-47-44-41-24-21-18-15-12-9-6-3)73-67(70)61-58-55-52-49-46-43-39-26-23-20-17-14-11-8-5-2/h12,15,21,24,26,39,64H,4-11,13-14,16-20,22-23,25,27-38,40-63H2,1-3H3/b15-12-,24-21-,39-26-. The number of esters is 3. The molecule has 0 aromatic carbocycles. The predicted octanol–water partition coefficient (Wildman–Crippen LogP) is 22.0. The Balaban J connectivity index is 4.18. The molecule has 0 saturated heterocycles. The Hall–Kier alpha value is -2.37. The van der Waals surface area contributed by atoms with E-state index in [0.29, 0.717) is 19.3 Å². The van der Waals surface area contributed by atoms with Crippen LogP contribution in [0.25, 0.3) is 0 Å². The zero-order valence-electron chi connectivity index (χ0n) is 49.2. The minimum absolute atomic E-state index is 0.0762. The van der Waals surface area contributed by atoms with Gasteiger partial charge in [-0.1, -0.05) is 301 Å². The van der Waals surface area contributed by atoms with Crippen molar-refractivity contribution in [3.05, 3.63) is 36.5 Å². The van der Waals surface area contributed by atoms with Gasteiger partial charge in [0.05, 0.1) is 0 Å². The number of unbranched alkanes of at least 4 members (excludes halogenated alkanes) is 43. The zero-order chi connectivity index (χ0) is 52.9. The molecule has 73 heavy (non-hydrogen) atoms. The Morgan fingerprint density at radius 2 is 0.521 bits per heavy atom. The molecule has 6 nitrogen and oxygen atoms in total. The second kappa shape index (κ2) is 62.2. The van der Waals surface area contributed by atoms with Gasteiger partial charge in [-0.05, 0) is 70.6 Å². The van der Waals surface area contributed by atoms with E-state index in [2.05, 4.69) is 57.2 Å². The van der Waals surface area contributed by atoms with Crippen LogP contribution in [0.4, 0.5) is 0 Å². The molecule has 0 aliphatic carbocycles. The molecule has 0 bridgehead atoms. The van der Waals surface area contributed by atoms with E-state index in [-0.39, 0.29) is 31.1 Å². The summed E-state index contributed by atoms with van der Waals surface area (Å²) in [5, 5.41) is 0. The third-order valence-corrected chi connectivity index (χ3v) is 14.6. The molecule has 0 heterocycles. The van der Waals surface area contributed by atoms with Crippen molar-refractivity contribution in [3.8, 4) is 0 Å². The van der Waals surface area contributed by atoms with Crippen LogP contribution in [0.1, 0.15) is 355 Å². The number of ether oxygens (including phenoxy) is 3. The maximum atomic E-state index is 12.9. The lowest BCUT2D eigenvalue weighted by Gasteiger charge is -2.18. The fourth-order valence-electron chi connectivity index (χ4n) is 9.71. The van der Waals surface area contributed by atoms with Crippen LogP contribution in [0.3, 0.4) is 0 Å². The number of allylic oxidation sites excluding steroid dienone is 6. The largest absolute Gasteiger partial charge is 0.462 e. The zero-order valence-corrected chi connectivity index (χ0v) is 49.2. The molecule has 0 N–H and O–H groups in total. The normalized spacial score (nSPS) is 12.2. The fourth-order valence-corrected chi connectivity index (χ4v) is 9.71. The summed E-state index contributed by atoms with van der Waals surface area (Å²) in [6.45, 7) is 6.61. The summed E-state index contributed by atoms with van der Waals surface area (Å²) >= 11 is 0. The molecule has 0 aromatic heterocycles. The van der Waals surface area contributed by atoms with Crippen LogP contribution >= 0.6 is 0 Å². The van der Waals surface area contributed by atoms with Crippen molar-refractivity contribution < 1.29 is 28.6 Å². The monoisotopic (exact) mass is 1020 g/mol. The first-order valence-corrected chi connectivity index (χ1v) is 32.5. The van der Waals surface area contributed by atoms with Gasteiger partial charge in [0.1, 0.15) is 13.2 Å². The molecule has 0 rings (SSSR count). The molecular formula is C67H124O6. The smallest absolute Gasteiger partial charge is 0.306 e. The lowest BCUT2D eigenvalue weighted by Crippen LogP contribution is -2.30. The van der Waals surface area contributed by atoms with E-state index in [9.17, 15) is 14.4 Å². The van der Waals surface area contributed by atoms with Crippen molar-refractivity contribution in [2.75, 3.05) is 13.2 Å². The number of carbonyl (C=O) groups excluding carboxylic acids is 3. The van der Waals surface area contributed by atoms with Crippen molar-refractivity contribution >= 4 is 17.9 Å². The number of hydrogen-bond donors (Lipinski definition) is 0. The van der Waals surface area contributed by atoms with E-state index in [1.165, 1.54) is 225 Å². The second-order valence-electron chi connectivity index (χ2n) is 22.0. The average molecular weight is 1030 g/mol. The highest BCUT2D eigenvalue weighted by Gasteiger charge is 2.19. The van der Waals surface area contributed by atoms with Crippen LogP contribution in [0.15, 0.2) is 36.5 Å². The molecule has 0 saturated carbocycles. The summed E-state index contributed by atoms with van der Waals surface area (Å²) in [6, 6.07) is 0. The van der Waals surface area contributed by atoms with E-state index in [1.807, 2.05) is 0 Å². The molecule has 1 atom stereocenters. The topological polar surface area (TPSA) is 78.9 Å². The summed E-state index contributed by atoms with van der Waals surface area (Å²) in [4.78, 5) is 38.2. The second-order valence-corrected chi connectivity index (χ2v) is 22.0. The molecular weight excluding hydrogens is 901 g/mol.